The van der Waals surface area contributed by atoms with Gasteiger partial charge >= 0.3 is 0 Å². The minimum absolute atomic E-state index is 0.0286. The van der Waals surface area contributed by atoms with Crippen molar-refractivity contribution in [3.05, 3.63) is 18.2 Å². The molecule has 2 amide bonds. The number of amides is 2. The van der Waals surface area contributed by atoms with E-state index >= 15 is 0 Å². The van der Waals surface area contributed by atoms with Gasteiger partial charge in [0.1, 0.15) is 12.4 Å². The van der Waals surface area contributed by atoms with Gasteiger partial charge in [-0.1, -0.05) is 27.7 Å². The number of nitrogens with one attached hydrogen (secondary N) is 1. The number of carbonyl (C=O) groups excluding carboxylic acids is 2. The minimum Gasteiger partial charge on any atom is -0.490 e. The van der Waals surface area contributed by atoms with E-state index in [1.165, 1.54) is 0 Å². The van der Waals surface area contributed by atoms with Gasteiger partial charge in [-0.25, -0.2) is 0 Å². The zero-order valence-electron chi connectivity index (χ0n) is 14.2. The van der Waals surface area contributed by atoms with E-state index in [0.717, 1.165) is 0 Å². The summed E-state index contributed by atoms with van der Waals surface area (Å²) in [6.45, 7) is 8.68. The Labute approximate surface area is 137 Å². The molecule has 0 saturated heterocycles. The lowest BCUT2D eigenvalue weighted by Gasteiger charge is -2.34. The maximum atomic E-state index is 12.6. The lowest BCUT2D eigenvalue weighted by atomic mass is 9.94. The lowest BCUT2D eigenvalue weighted by molar-refractivity contribution is -0.126. The van der Waals surface area contributed by atoms with Gasteiger partial charge in [0.05, 0.1) is 12.2 Å². The van der Waals surface area contributed by atoms with Crippen LogP contribution in [0.1, 0.15) is 27.7 Å². The maximum absolute atomic E-state index is 12.6. The predicted octanol–water partition coefficient (Wildman–Crippen LogP) is 1.99. The van der Waals surface area contributed by atoms with Gasteiger partial charge in [0, 0.05) is 23.6 Å². The van der Waals surface area contributed by atoms with E-state index in [9.17, 15) is 9.59 Å². The molecule has 126 valence electrons. The second-order valence-electron chi connectivity index (χ2n) is 6.86. The Bertz CT molecular complexity index is 608. The van der Waals surface area contributed by atoms with Crippen LogP contribution in [0.5, 0.6) is 5.75 Å². The topological polar surface area (TPSA) is 84.7 Å². The number of anilines is 2. The van der Waals surface area contributed by atoms with Crippen molar-refractivity contribution in [2.45, 2.75) is 27.7 Å². The van der Waals surface area contributed by atoms with Crippen LogP contribution in [-0.4, -0.2) is 31.5 Å². The van der Waals surface area contributed by atoms with E-state index in [4.69, 9.17) is 10.5 Å². The molecule has 6 nitrogen and oxygen atoms in total. The average molecular weight is 319 g/mol. The van der Waals surface area contributed by atoms with Gasteiger partial charge in [-0.2, -0.15) is 0 Å². The molecule has 0 radical (unpaired) electrons. The van der Waals surface area contributed by atoms with Crippen LogP contribution in [0.3, 0.4) is 0 Å². The summed E-state index contributed by atoms with van der Waals surface area (Å²) in [6, 6.07) is 5.32. The third-order valence-electron chi connectivity index (χ3n) is 3.78. The molecule has 6 heteroatoms. The second-order valence-corrected chi connectivity index (χ2v) is 6.86. The molecule has 1 aromatic rings. The van der Waals surface area contributed by atoms with Crippen LogP contribution < -0.4 is 20.7 Å². The number of ether oxygens (including phenoxy) is 1. The van der Waals surface area contributed by atoms with E-state index in [0.29, 0.717) is 30.3 Å². The van der Waals surface area contributed by atoms with Crippen molar-refractivity contribution in [3.63, 3.8) is 0 Å². The van der Waals surface area contributed by atoms with Crippen LogP contribution in [0.2, 0.25) is 0 Å². The van der Waals surface area contributed by atoms with Gasteiger partial charge < -0.3 is 20.7 Å². The average Bonchev–Trinajstić information content (AvgIpc) is 2.51. The van der Waals surface area contributed by atoms with Crippen LogP contribution in [0, 0.1) is 11.3 Å². The first-order valence-electron chi connectivity index (χ1n) is 7.84. The molecule has 1 unspecified atom stereocenters. The van der Waals surface area contributed by atoms with Crippen molar-refractivity contribution in [1.29, 1.82) is 0 Å². The number of carbonyl (C=O) groups is 2. The Hall–Kier alpha value is -2.08. The van der Waals surface area contributed by atoms with Crippen molar-refractivity contribution in [3.8, 4) is 5.75 Å². The van der Waals surface area contributed by atoms with Gasteiger partial charge in [-0.05, 0) is 18.2 Å². The molecule has 2 rings (SSSR count). The van der Waals surface area contributed by atoms with E-state index in [1.54, 1.807) is 30.0 Å². The Balaban J connectivity index is 2.29. The van der Waals surface area contributed by atoms with Gasteiger partial charge in [0.2, 0.25) is 11.8 Å². The van der Waals surface area contributed by atoms with Crippen LogP contribution in [0.25, 0.3) is 0 Å². The van der Waals surface area contributed by atoms with Crippen molar-refractivity contribution in [2.75, 3.05) is 29.9 Å². The third kappa shape index (κ3) is 3.82. The zero-order chi connectivity index (χ0) is 17.2. The summed E-state index contributed by atoms with van der Waals surface area (Å²) in [7, 11) is 0. The van der Waals surface area contributed by atoms with E-state index in [2.05, 4.69) is 5.32 Å². The van der Waals surface area contributed by atoms with E-state index < -0.39 is 5.41 Å². The Kier molecular flexibility index (Phi) is 4.94. The number of nitrogens with zero attached hydrogens (tertiary/aromatic N) is 1. The highest BCUT2D eigenvalue weighted by molar-refractivity contribution is 6.00. The molecular weight excluding hydrogens is 294 g/mol. The Morgan fingerprint density at radius 1 is 1.39 bits per heavy atom. The van der Waals surface area contributed by atoms with Crippen molar-refractivity contribution in [2.24, 2.45) is 17.1 Å². The van der Waals surface area contributed by atoms with Gasteiger partial charge in [-0.3, -0.25) is 9.59 Å². The monoisotopic (exact) mass is 319 g/mol. The molecule has 0 spiro atoms. The van der Waals surface area contributed by atoms with Gasteiger partial charge in [0.25, 0.3) is 0 Å². The molecule has 1 aliphatic heterocycles. The Morgan fingerprint density at radius 2 is 2.09 bits per heavy atom. The van der Waals surface area contributed by atoms with Crippen LogP contribution in [0.15, 0.2) is 18.2 Å². The fourth-order valence-corrected chi connectivity index (χ4v) is 2.28. The first-order chi connectivity index (χ1) is 10.7. The highest BCUT2D eigenvalue weighted by Gasteiger charge is 2.32. The molecule has 0 aliphatic carbocycles. The second kappa shape index (κ2) is 6.58. The summed E-state index contributed by atoms with van der Waals surface area (Å²) >= 11 is 0. The zero-order valence-corrected chi connectivity index (χ0v) is 14.2. The molecule has 23 heavy (non-hydrogen) atoms. The summed E-state index contributed by atoms with van der Waals surface area (Å²) in [5.41, 5.74) is 6.35. The first kappa shape index (κ1) is 17.3. The largest absolute Gasteiger partial charge is 0.490 e. The molecule has 0 bridgehead atoms. The molecule has 3 N–H and O–H groups in total. The van der Waals surface area contributed by atoms with Crippen molar-refractivity contribution < 1.29 is 14.3 Å². The van der Waals surface area contributed by atoms with Crippen LogP contribution in [0.4, 0.5) is 11.4 Å². The van der Waals surface area contributed by atoms with Gasteiger partial charge in [0.15, 0.2) is 0 Å². The molecule has 0 saturated carbocycles. The SMILES string of the molecule is CC(CN)C(=O)Nc1ccc2c(c1)N(C(=O)C(C)(C)C)CCO2. The number of rotatable bonds is 3. The number of benzene rings is 1. The highest BCUT2D eigenvalue weighted by atomic mass is 16.5. The summed E-state index contributed by atoms with van der Waals surface area (Å²) in [5, 5.41) is 2.83. The quantitative estimate of drug-likeness (QED) is 0.892. The first-order valence-corrected chi connectivity index (χ1v) is 7.84. The number of fused-ring (bicyclic) bond motifs is 1. The minimum atomic E-state index is -0.484. The number of nitrogens with two attached hydrogens (primary N) is 1. The molecular formula is C17H25N3O3. The molecule has 1 heterocycles. The summed E-state index contributed by atoms with van der Waals surface area (Å²) in [5.74, 6) is 0.270. The molecule has 0 aromatic heterocycles. The smallest absolute Gasteiger partial charge is 0.232 e. The van der Waals surface area contributed by atoms with Crippen LogP contribution in [-0.2, 0) is 9.59 Å². The molecule has 1 aliphatic rings. The van der Waals surface area contributed by atoms with E-state index in [-0.39, 0.29) is 24.3 Å². The van der Waals surface area contributed by atoms with Crippen molar-refractivity contribution in [1.82, 2.24) is 0 Å². The summed E-state index contributed by atoms with van der Waals surface area (Å²) in [6.07, 6.45) is 0. The summed E-state index contributed by atoms with van der Waals surface area (Å²) < 4.78 is 5.62. The highest BCUT2D eigenvalue weighted by Crippen LogP contribution is 2.36. The van der Waals surface area contributed by atoms with E-state index in [1.807, 2.05) is 20.8 Å². The number of hydrogen-bond acceptors (Lipinski definition) is 4. The third-order valence-corrected chi connectivity index (χ3v) is 3.78. The summed E-state index contributed by atoms with van der Waals surface area (Å²) in [4.78, 5) is 26.3. The fourth-order valence-electron chi connectivity index (χ4n) is 2.28. The molecule has 0 fully saturated rings. The fraction of sp³-hybridized carbons (Fsp3) is 0.529. The Morgan fingerprint density at radius 3 is 2.70 bits per heavy atom. The van der Waals surface area contributed by atoms with Crippen LogP contribution >= 0.6 is 0 Å². The molecule has 1 aromatic carbocycles. The predicted molar refractivity (Wildman–Crippen MR) is 90.6 cm³/mol. The lowest BCUT2D eigenvalue weighted by Crippen LogP contribution is -2.44. The standard InChI is InChI=1S/C17H25N3O3/c1-11(10-18)15(21)19-12-5-6-14-13(9-12)20(7-8-23-14)16(22)17(2,3)4/h5-6,9,11H,7-8,10,18H2,1-4H3,(H,19,21). The van der Waals surface area contributed by atoms with Gasteiger partial charge in [-0.15, -0.1) is 0 Å². The number of hydrogen-bond donors (Lipinski definition) is 2. The maximum Gasteiger partial charge on any atom is 0.232 e. The molecule has 1 atom stereocenters. The van der Waals surface area contributed by atoms with Crippen molar-refractivity contribution >= 4 is 23.2 Å². The normalized spacial score (nSPS) is 15.4.